The highest BCUT2D eigenvalue weighted by Crippen LogP contribution is 2.21. The smallest absolute Gasteiger partial charge is 0.251 e. The molecule has 140 valence electrons. The minimum atomic E-state index is -0.664. The average Bonchev–Trinajstić information content (AvgIpc) is 3.10. The van der Waals surface area contributed by atoms with Gasteiger partial charge in [-0.1, -0.05) is 60.7 Å². The van der Waals surface area contributed by atoms with Crippen LogP contribution in [0, 0.1) is 0 Å². The van der Waals surface area contributed by atoms with Crippen LogP contribution in [0.4, 0.5) is 0 Å². The molecule has 0 aliphatic heterocycles. The van der Waals surface area contributed by atoms with Crippen LogP contribution in [0.25, 0.3) is 11.0 Å². The van der Waals surface area contributed by atoms with Gasteiger partial charge in [0.1, 0.15) is 5.82 Å². The topological polar surface area (TPSA) is 67.2 Å². The molecule has 28 heavy (non-hydrogen) atoms. The summed E-state index contributed by atoms with van der Waals surface area (Å²) < 4.78 is 1.97. The Kier molecular flexibility index (Phi) is 5.17. The highest BCUT2D eigenvalue weighted by Gasteiger charge is 2.16. The number of fused-ring (bicyclic) bond motifs is 1. The number of nitrogens with one attached hydrogen (secondary N) is 1. The van der Waals surface area contributed by atoms with Crippen molar-refractivity contribution in [1.29, 1.82) is 0 Å². The number of carbonyl (C=O) groups excluding carboxylic acids is 1. The number of hydrogen-bond acceptors (Lipinski definition) is 3. The second kappa shape index (κ2) is 8.06. The lowest BCUT2D eigenvalue weighted by Gasteiger charge is -2.15. The molecule has 1 atom stereocenters. The van der Waals surface area contributed by atoms with Crippen LogP contribution in [0.15, 0.2) is 84.9 Å². The first-order valence-corrected chi connectivity index (χ1v) is 9.23. The fourth-order valence-corrected chi connectivity index (χ4v) is 3.27. The lowest BCUT2D eigenvalue weighted by molar-refractivity contribution is 0.0949. The van der Waals surface area contributed by atoms with E-state index in [1.54, 1.807) is 12.1 Å². The van der Waals surface area contributed by atoms with Gasteiger partial charge in [-0.2, -0.15) is 0 Å². The maximum absolute atomic E-state index is 12.4. The molecule has 1 heterocycles. The zero-order valence-electron chi connectivity index (χ0n) is 15.3. The number of para-hydroxylation sites is 2. The molecule has 2 N–H and O–H groups in total. The summed E-state index contributed by atoms with van der Waals surface area (Å²) >= 11 is 0. The van der Waals surface area contributed by atoms with Crippen LogP contribution in [0.3, 0.4) is 0 Å². The molecule has 0 fully saturated rings. The van der Waals surface area contributed by atoms with Crippen LogP contribution in [0.2, 0.25) is 0 Å². The van der Waals surface area contributed by atoms with Gasteiger partial charge in [-0.25, -0.2) is 4.98 Å². The number of aromatic nitrogens is 2. The normalized spacial score (nSPS) is 12.0. The van der Waals surface area contributed by atoms with Gasteiger partial charge in [-0.15, -0.1) is 0 Å². The molecule has 5 nitrogen and oxygen atoms in total. The van der Waals surface area contributed by atoms with Gasteiger partial charge in [-0.05, 0) is 29.8 Å². The molecule has 3 aromatic carbocycles. The molecule has 1 aromatic heterocycles. The minimum absolute atomic E-state index is 0.150. The molecule has 0 spiro atoms. The summed E-state index contributed by atoms with van der Waals surface area (Å²) in [6.07, 6.45) is -0.664. The third kappa shape index (κ3) is 3.80. The molecule has 0 saturated heterocycles. The fourth-order valence-electron chi connectivity index (χ4n) is 3.27. The quantitative estimate of drug-likeness (QED) is 0.543. The van der Waals surface area contributed by atoms with Crippen molar-refractivity contribution in [3.05, 3.63) is 102 Å². The highest BCUT2D eigenvalue weighted by molar-refractivity contribution is 5.94. The Morgan fingerprint density at radius 1 is 0.929 bits per heavy atom. The van der Waals surface area contributed by atoms with Crippen LogP contribution >= 0.6 is 0 Å². The molecule has 1 amide bonds. The Balaban J connectivity index is 1.59. The Bertz CT molecular complexity index is 1070. The standard InChI is InChI=1S/C23H21N3O2/c27-21(17-9-3-1-4-10-17)16-26-20-14-8-7-13-19(20)25-22(26)15-24-23(28)18-11-5-2-6-12-18/h1-14,21,27H,15-16H2,(H,24,28)/t21-/m1/s1. The van der Waals surface area contributed by atoms with Gasteiger partial charge >= 0.3 is 0 Å². The van der Waals surface area contributed by atoms with Gasteiger partial charge in [0.05, 0.1) is 30.2 Å². The van der Waals surface area contributed by atoms with Gasteiger partial charge in [0.15, 0.2) is 0 Å². The number of amides is 1. The number of aliphatic hydroxyl groups is 1. The summed E-state index contributed by atoms with van der Waals surface area (Å²) in [5.41, 5.74) is 3.22. The van der Waals surface area contributed by atoms with E-state index in [1.165, 1.54) is 0 Å². The van der Waals surface area contributed by atoms with Crippen molar-refractivity contribution in [2.45, 2.75) is 19.2 Å². The Morgan fingerprint density at radius 3 is 2.32 bits per heavy atom. The molecule has 0 aliphatic carbocycles. The summed E-state index contributed by atoms with van der Waals surface area (Å²) in [6.45, 7) is 0.644. The lowest BCUT2D eigenvalue weighted by Crippen LogP contribution is -2.25. The third-order valence-electron chi connectivity index (χ3n) is 4.72. The number of rotatable bonds is 6. The van der Waals surface area contributed by atoms with Gasteiger partial charge < -0.3 is 15.0 Å². The predicted molar refractivity (Wildman–Crippen MR) is 109 cm³/mol. The van der Waals surface area contributed by atoms with E-state index in [4.69, 9.17) is 0 Å². The van der Waals surface area contributed by atoms with E-state index in [2.05, 4.69) is 10.3 Å². The van der Waals surface area contributed by atoms with Gasteiger partial charge in [0.2, 0.25) is 0 Å². The Morgan fingerprint density at radius 2 is 1.57 bits per heavy atom. The molecule has 0 bridgehead atoms. The molecule has 5 heteroatoms. The second-order valence-corrected chi connectivity index (χ2v) is 6.60. The van der Waals surface area contributed by atoms with Gasteiger partial charge in [0.25, 0.3) is 5.91 Å². The zero-order chi connectivity index (χ0) is 19.3. The number of carbonyl (C=O) groups is 1. The van der Waals surface area contributed by atoms with E-state index in [0.29, 0.717) is 17.9 Å². The zero-order valence-corrected chi connectivity index (χ0v) is 15.3. The first-order chi connectivity index (χ1) is 13.7. The van der Waals surface area contributed by atoms with Crippen LogP contribution in [0.1, 0.15) is 27.8 Å². The van der Waals surface area contributed by atoms with E-state index in [1.807, 2.05) is 77.4 Å². The third-order valence-corrected chi connectivity index (χ3v) is 4.72. The van der Waals surface area contributed by atoms with E-state index in [-0.39, 0.29) is 12.5 Å². The maximum Gasteiger partial charge on any atom is 0.251 e. The number of hydrogen-bond donors (Lipinski definition) is 2. The number of benzene rings is 3. The highest BCUT2D eigenvalue weighted by atomic mass is 16.3. The SMILES string of the molecule is O=C(NCc1nc2ccccc2n1C[C@@H](O)c1ccccc1)c1ccccc1. The number of aliphatic hydroxyl groups excluding tert-OH is 1. The Labute approximate surface area is 163 Å². The molecule has 0 radical (unpaired) electrons. The average molecular weight is 371 g/mol. The molecule has 4 rings (SSSR count). The van der Waals surface area contributed by atoms with Gasteiger partial charge in [-0.3, -0.25) is 4.79 Å². The Hall–Kier alpha value is -3.44. The van der Waals surface area contributed by atoms with Crippen LogP contribution < -0.4 is 5.32 Å². The summed E-state index contributed by atoms with van der Waals surface area (Å²) in [4.78, 5) is 17.1. The first-order valence-electron chi connectivity index (χ1n) is 9.23. The maximum atomic E-state index is 12.4. The van der Waals surface area contributed by atoms with Crippen molar-refractivity contribution in [2.24, 2.45) is 0 Å². The largest absolute Gasteiger partial charge is 0.387 e. The van der Waals surface area contributed by atoms with E-state index >= 15 is 0 Å². The van der Waals surface area contributed by atoms with Crippen molar-refractivity contribution < 1.29 is 9.90 Å². The van der Waals surface area contributed by atoms with Crippen LogP contribution in [0.5, 0.6) is 0 Å². The predicted octanol–water partition coefficient (Wildman–Crippen LogP) is 3.70. The molecule has 4 aromatic rings. The van der Waals surface area contributed by atoms with Gasteiger partial charge in [0, 0.05) is 5.56 Å². The summed E-state index contributed by atoms with van der Waals surface area (Å²) in [5, 5.41) is 13.6. The van der Waals surface area contributed by atoms with E-state index in [0.717, 1.165) is 16.6 Å². The van der Waals surface area contributed by atoms with E-state index in [9.17, 15) is 9.90 Å². The molecular weight excluding hydrogens is 350 g/mol. The first kappa shape index (κ1) is 17.9. The van der Waals surface area contributed by atoms with Crippen molar-refractivity contribution >= 4 is 16.9 Å². The van der Waals surface area contributed by atoms with Crippen LogP contribution in [-0.2, 0) is 13.1 Å². The number of imidazole rings is 1. The number of nitrogens with zero attached hydrogens (tertiary/aromatic N) is 2. The van der Waals surface area contributed by atoms with Crippen LogP contribution in [-0.4, -0.2) is 20.6 Å². The molecule has 0 unspecified atom stereocenters. The lowest BCUT2D eigenvalue weighted by atomic mass is 10.1. The monoisotopic (exact) mass is 371 g/mol. The molecule has 0 saturated carbocycles. The van der Waals surface area contributed by atoms with Crippen molar-refractivity contribution in [1.82, 2.24) is 14.9 Å². The van der Waals surface area contributed by atoms with Crippen molar-refractivity contribution in [3.8, 4) is 0 Å². The fraction of sp³-hybridized carbons (Fsp3) is 0.130. The molecule has 0 aliphatic rings. The van der Waals surface area contributed by atoms with Crippen molar-refractivity contribution in [3.63, 3.8) is 0 Å². The summed E-state index contributed by atoms with van der Waals surface area (Å²) in [6, 6.07) is 26.4. The summed E-state index contributed by atoms with van der Waals surface area (Å²) in [7, 11) is 0. The van der Waals surface area contributed by atoms with E-state index < -0.39 is 6.10 Å². The second-order valence-electron chi connectivity index (χ2n) is 6.60. The summed E-state index contributed by atoms with van der Waals surface area (Å²) in [5.74, 6) is 0.559. The van der Waals surface area contributed by atoms with Crippen molar-refractivity contribution in [2.75, 3.05) is 0 Å². The molecular formula is C23H21N3O2. The minimum Gasteiger partial charge on any atom is -0.387 e.